The predicted molar refractivity (Wildman–Crippen MR) is 120 cm³/mol. The number of anilines is 3. The molecule has 0 aliphatic heterocycles. The molecule has 12 heteroatoms. The highest BCUT2D eigenvalue weighted by Gasteiger charge is 2.21. The van der Waals surface area contributed by atoms with Gasteiger partial charge in [-0.15, -0.1) is 0 Å². The van der Waals surface area contributed by atoms with Crippen LogP contribution in [0.25, 0.3) is 0 Å². The van der Waals surface area contributed by atoms with Crippen molar-refractivity contribution >= 4 is 17.1 Å². The highest BCUT2D eigenvalue weighted by Crippen LogP contribution is 2.15. The third kappa shape index (κ3) is 4.49. The Balaban J connectivity index is 1.85. The van der Waals surface area contributed by atoms with Gasteiger partial charge in [0.15, 0.2) is 17.2 Å². The molecule has 4 rings (SSSR count). The van der Waals surface area contributed by atoms with Crippen LogP contribution in [0.3, 0.4) is 0 Å². The summed E-state index contributed by atoms with van der Waals surface area (Å²) in [5.74, 6) is 0.292. The van der Waals surface area contributed by atoms with E-state index >= 15 is 0 Å². The second kappa shape index (κ2) is 8.55. The van der Waals surface area contributed by atoms with Crippen molar-refractivity contribution in [3.63, 3.8) is 0 Å². The number of hydrogen-bond donors (Lipinski definition) is 3. The van der Waals surface area contributed by atoms with Crippen molar-refractivity contribution < 1.29 is 14.5 Å². The zero-order valence-corrected chi connectivity index (χ0v) is 17.0. The number of aromatic nitrogens is 3. The van der Waals surface area contributed by atoms with Gasteiger partial charge in [-0.25, -0.2) is 14.4 Å². The average Bonchev–Trinajstić information content (AvgIpc) is 2.81. The molecule has 1 heterocycles. The van der Waals surface area contributed by atoms with Gasteiger partial charge in [0.05, 0.1) is 0 Å². The maximum atomic E-state index is 12.9. The topological polar surface area (TPSA) is 172 Å². The van der Waals surface area contributed by atoms with Gasteiger partial charge in [0, 0.05) is 17.1 Å². The quantitative estimate of drug-likeness (QED) is 0.353. The van der Waals surface area contributed by atoms with E-state index in [2.05, 4.69) is 0 Å². The first-order valence-corrected chi connectivity index (χ1v) is 9.44. The predicted octanol–water partition coefficient (Wildman–Crippen LogP) is 0.445. The van der Waals surface area contributed by atoms with Crippen molar-refractivity contribution in [1.29, 1.82) is 0 Å². The molecular weight excluding hydrogens is 432 g/mol. The van der Waals surface area contributed by atoms with Crippen LogP contribution in [0.15, 0.2) is 87.2 Å². The summed E-state index contributed by atoms with van der Waals surface area (Å²) in [5.41, 5.74) is 14.6. The Morgan fingerprint density at radius 1 is 0.424 bits per heavy atom. The fourth-order valence-electron chi connectivity index (χ4n) is 2.63. The van der Waals surface area contributed by atoms with Gasteiger partial charge in [0.25, 0.3) is 0 Å². The summed E-state index contributed by atoms with van der Waals surface area (Å²) in [5, 5.41) is 0. The zero-order valence-electron chi connectivity index (χ0n) is 17.0. The van der Waals surface area contributed by atoms with Crippen molar-refractivity contribution in [1.82, 2.24) is 14.2 Å². The molecule has 0 atom stereocenters. The molecule has 0 saturated heterocycles. The van der Waals surface area contributed by atoms with Gasteiger partial charge in [-0.3, -0.25) is 0 Å². The van der Waals surface area contributed by atoms with Crippen molar-refractivity contribution in [3.8, 4) is 17.2 Å². The van der Waals surface area contributed by atoms with E-state index < -0.39 is 17.1 Å². The van der Waals surface area contributed by atoms with Crippen LogP contribution >= 0.6 is 0 Å². The first kappa shape index (κ1) is 21.1. The lowest BCUT2D eigenvalue weighted by molar-refractivity contribution is 0.0656. The van der Waals surface area contributed by atoms with Gasteiger partial charge in [-0.2, -0.15) is 0 Å². The highest BCUT2D eigenvalue weighted by molar-refractivity contribution is 5.43. The molecule has 3 aromatic carbocycles. The SMILES string of the molecule is Nc1ccc(On2c(=O)n(Oc3ccc(N)cc3)c(=O)n(Oc3ccc(N)cc3)c2=O)cc1. The van der Waals surface area contributed by atoms with Crippen molar-refractivity contribution in [2.24, 2.45) is 0 Å². The van der Waals surface area contributed by atoms with Gasteiger partial charge in [-0.1, -0.05) is 14.2 Å². The van der Waals surface area contributed by atoms with Gasteiger partial charge < -0.3 is 31.7 Å². The zero-order chi connectivity index (χ0) is 23.5. The van der Waals surface area contributed by atoms with Crippen LogP contribution < -0.4 is 48.8 Å². The third-order valence-electron chi connectivity index (χ3n) is 4.27. The van der Waals surface area contributed by atoms with Crippen LogP contribution in [0.1, 0.15) is 0 Å². The van der Waals surface area contributed by atoms with Gasteiger partial charge in [0.2, 0.25) is 0 Å². The van der Waals surface area contributed by atoms with E-state index in [1.54, 1.807) is 0 Å². The first-order valence-electron chi connectivity index (χ1n) is 9.44. The van der Waals surface area contributed by atoms with Crippen LogP contribution in [0, 0.1) is 0 Å². The maximum Gasteiger partial charge on any atom is 0.404 e. The van der Waals surface area contributed by atoms with Crippen LogP contribution in [-0.2, 0) is 0 Å². The number of benzene rings is 3. The molecule has 0 radical (unpaired) electrons. The molecule has 0 saturated carbocycles. The summed E-state index contributed by atoms with van der Waals surface area (Å²) in [7, 11) is 0. The van der Waals surface area contributed by atoms with Gasteiger partial charge >= 0.3 is 17.1 Å². The average molecular weight is 450 g/mol. The maximum absolute atomic E-state index is 12.9. The molecule has 0 spiro atoms. The number of nitrogens with zero attached hydrogens (tertiary/aromatic N) is 3. The van der Waals surface area contributed by atoms with E-state index in [4.69, 9.17) is 31.7 Å². The smallest absolute Gasteiger partial charge is 0.399 e. The van der Waals surface area contributed by atoms with E-state index in [0.717, 1.165) is 0 Å². The van der Waals surface area contributed by atoms with E-state index in [0.29, 0.717) is 31.3 Å². The minimum atomic E-state index is -1.21. The summed E-state index contributed by atoms with van der Waals surface area (Å²) in [6, 6.07) is 17.6. The lowest BCUT2D eigenvalue weighted by atomic mass is 10.3. The van der Waals surface area contributed by atoms with E-state index in [1.807, 2.05) is 0 Å². The number of rotatable bonds is 6. The molecule has 12 nitrogen and oxygen atoms in total. The molecule has 0 aliphatic rings. The molecular formula is C21H18N6O6. The minimum Gasteiger partial charge on any atom is -0.399 e. The molecule has 1 aromatic heterocycles. The summed E-state index contributed by atoms with van der Waals surface area (Å²) in [4.78, 5) is 55.0. The van der Waals surface area contributed by atoms with Crippen LogP contribution in [-0.4, -0.2) is 14.2 Å². The van der Waals surface area contributed by atoms with Crippen molar-refractivity contribution in [2.75, 3.05) is 17.2 Å². The van der Waals surface area contributed by atoms with Crippen LogP contribution in [0.5, 0.6) is 17.2 Å². The second-order valence-electron chi connectivity index (χ2n) is 6.71. The van der Waals surface area contributed by atoms with Crippen LogP contribution in [0.2, 0.25) is 0 Å². The molecule has 6 N–H and O–H groups in total. The Labute approximate surface area is 185 Å². The summed E-state index contributed by atoms with van der Waals surface area (Å²) >= 11 is 0. The van der Waals surface area contributed by atoms with Crippen molar-refractivity contribution in [3.05, 3.63) is 104 Å². The van der Waals surface area contributed by atoms with E-state index in [1.165, 1.54) is 72.8 Å². The van der Waals surface area contributed by atoms with Gasteiger partial charge in [-0.05, 0) is 72.8 Å². The molecule has 0 amide bonds. The summed E-state index contributed by atoms with van der Waals surface area (Å²) < 4.78 is 0.921. The largest absolute Gasteiger partial charge is 0.404 e. The third-order valence-corrected chi connectivity index (χ3v) is 4.27. The number of nitrogen functional groups attached to an aromatic ring is 3. The Morgan fingerprint density at radius 2 is 0.636 bits per heavy atom. The standard InChI is InChI=1S/C21H18N6O6/c22-13-1-7-16(8-2-13)31-25-19(28)26(32-17-9-3-14(23)4-10-17)21(30)27(20(25)29)33-18-11-5-15(24)6-12-18/h1-12H,22-24H2. The molecule has 0 unspecified atom stereocenters. The molecule has 33 heavy (non-hydrogen) atoms. The molecule has 168 valence electrons. The lowest BCUT2D eigenvalue weighted by Gasteiger charge is -2.14. The second-order valence-corrected chi connectivity index (χ2v) is 6.71. The molecule has 0 aliphatic carbocycles. The Kier molecular flexibility index (Phi) is 5.47. The van der Waals surface area contributed by atoms with Crippen LogP contribution in [0.4, 0.5) is 17.1 Å². The summed E-state index contributed by atoms with van der Waals surface area (Å²) in [6.07, 6.45) is 0. The normalized spacial score (nSPS) is 10.5. The number of hydrogen-bond acceptors (Lipinski definition) is 9. The van der Waals surface area contributed by atoms with E-state index in [-0.39, 0.29) is 17.2 Å². The fourth-order valence-corrected chi connectivity index (χ4v) is 2.63. The summed E-state index contributed by atoms with van der Waals surface area (Å²) in [6.45, 7) is 0. The first-order chi connectivity index (χ1) is 15.8. The fraction of sp³-hybridized carbons (Fsp3) is 0. The Hall–Kier alpha value is -5.13. The molecule has 0 bridgehead atoms. The van der Waals surface area contributed by atoms with Gasteiger partial charge in [0.1, 0.15) is 0 Å². The molecule has 0 fully saturated rings. The Morgan fingerprint density at radius 3 is 0.848 bits per heavy atom. The lowest BCUT2D eigenvalue weighted by Crippen LogP contribution is -2.58. The Bertz CT molecular complexity index is 1240. The molecule has 4 aromatic rings. The van der Waals surface area contributed by atoms with E-state index in [9.17, 15) is 14.4 Å². The van der Waals surface area contributed by atoms with Crippen molar-refractivity contribution in [2.45, 2.75) is 0 Å². The highest BCUT2D eigenvalue weighted by atomic mass is 16.7. The monoisotopic (exact) mass is 450 g/mol. The minimum absolute atomic E-state index is 0.0973. The number of nitrogens with two attached hydrogens (primary N) is 3.